The van der Waals surface area contributed by atoms with Crippen molar-refractivity contribution in [2.75, 3.05) is 26.9 Å². The average molecular weight is 257 g/mol. The van der Waals surface area contributed by atoms with Crippen LogP contribution in [0, 0.1) is 11.8 Å². The van der Waals surface area contributed by atoms with Crippen molar-refractivity contribution in [2.24, 2.45) is 11.8 Å². The molecule has 108 valence electrons. The second-order valence-electron chi connectivity index (χ2n) is 5.98. The summed E-state index contributed by atoms with van der Waals surface area (Å²) in [6.45, 7) is 9.41. The number of rotatable bonds is 8. The van der Waals surface area contributed by atoms with Crippen molar-refractivity contribution in [3.8, 4) is 0 Å². The second-order valence-corrected chi connectivity index (χ2v) is 5.98. The van der Waals surface area contributed by atoms with Gasteiger partial charge in [0.2, 0.25) is 0 Å². The van der Waals surface area contributed by atoms with Crippen LogP contribution in [0.15, 0.2) is 0 Å². The topological polar surface area (TPSA) is 30.5 Å². The molecule has 0 amide bonds. The first-order valence-electron chi connectivity index (χ1n) is 7.49. The Morgan fingerprint density at radius 3 is 2.33 bits per heavy atom. The predicted octanol–water partition coefficient (Wildman–Crippen LogP) is 2.84. The van der Waals surface area contributed by atoms with Crippen LogP contribution in [0.4, 0.5) is 0 Å². The minimum atomic E-state index is 0.336. The van der Waals surface area contributed by atoms with Gasteiger partial charge in [0.1, 0.15) is 0 Å². The molecule has 0 radical (unpaired) electrons. The lowest BCUT2D eigenvalue weighted by Crippen LogP contribution is -2.40. The van der Waals surface area contributed by atoms with Crippen LogP contribution in [0.1, 0.15) is 46.5 Å². The number of hydrogen-bond donors (Lipinski definition) is 1. The minimum absolute atomic E-state index is 0.336. The summed E-state index contributed by atoms with van der Waals surface area (Å²) in [5, 5.41) is 3.48. The zero-order valence-corrected chi connectivity index (χ0v) is 12.6. The summed E-state index contributed by atoms with van der Waals surface area (Å²) >= 11 is 0. The molecular weight excluding hydrogens is 226 g/mol. The molecule has 1 fully saturated rings. The molecule has 3 nitrogen and oxygen atoms in total. The molecule has 1 N–H and O–H groups in total. The molecule has 18 heavy (non-hydrogen) atoms. The highest BCUT2D eigenvalue weighted by Gasteiger charge is 2.25. The van der Waals surface area contributed by atoms with Crippen molar-refractivity contribution < 1.29 is 9.47 Å². The predicted molar refractivity (Wildman–Crippen MR) is 75.9 cm³/mol. The molecule has 1 rings (SSSR count). The molecule has 1 saturated carbocycles. The molecule has 0 bridgehead atoms. The van der Waals surface area contributed by atoms with Crippen molar-refractivity contribution in [1.29, 1.82) is 0 Å². The Morgan fingerprint density at radius 1 is 1.11 bits per heavy atom. The van der Waals surface area contributed by atoms with Crippen molar-refractivity contribution >= 4 is 0 Å². The lowest BCUT2D eigenvalue weighted by Gasteiger charge is -2.32. The van der Waals surface area contributed by atoms with Crippen LogP contribution < -0.4 is 5.32 Å². The van der Waals surface area contributed by atoms with Gasteiger partial charge in [0.05, 0.1) is 25.4 Å². The lowest BCUT2D eigenvalue weighted by atomic mass is 9.82. The van der Waals surface area contributed by atoms with E-state index in [1.807, 2.05) is 0 Å². The number of nitrogens with one attached hydrogen (secondary N) is 1. The van der Waals surface area contributed by atoms with Gasteiger partial charge in [0, 0.05) is 7.11 Å². The molecule has 1 aliphatic carbocycles. The highest BCUT2D eigenvalue weighted by molar-refractivity contribution is 4.76. The van der Waals surface area contributed by atoms with Gasteiger partial charge in [-0.05, 0) is 44.1 Å². The monoisotopic (exact) mass is 257 g/mol. The smallest absolute Gasteiger partial charge is 0.0645 e. The van der Waals surface area contributed by atoms with Crippen molar-refractivity contribution in [2.45, 2.75) is 58.6 Å². The first-order valence-corrected chi connectivity index (χ1v) is 7.49. The Kier molecular flexibility index (Phi) is 7.87. The minimum Gasteiger partial charge on any atom is -0.383 e. The van der Waals surface area contributed by atoms with Crippen molar-refractivity contribution in [3.05, 3.63) is 0 Å². The van der Waals surface area contributed by atoms with Crippen LogP contribution in [0.25, 0.3) is 0 Å². The Labute approximate surface area is 113 Å². The van der Waals surface area contributed by atoms with Gasteiger partial charge in [-0.15, -0.1) is 0 Å². The maximum Gasteiger partial charge on any atom is 0.0645 e. The molecule has 3 unspecified atom stereocenters. The third-order valence-corrected chi connectivity index (χ3v) is 3.72. The quantitative estimate of drug-likeness (QED) is 0.725. The van der Waals surface area contributed by atoms with E-state index in [0.29, 0.717) is 12.1 Å². The van der Waals surface area contributed by atoms with Crippen molar-refractivity contribution in [1.82, 2.24) is 5.32 Å². The summed E-state index contributed by atoms with van der Waals surface area (Å²) in [4.78, 5) is 0. The second kappa shape index (κ2) is 8.89. The third-order valence-electron chi connectivity index (χ3n) is 3.72. The van der Waals surface area contributed by atoms with E-state index in [1.54, 1.807) is 7.11 Å². The lowest BCUT2D eigenvalue weighted by molar-refractivity contribution is -0.0180. The summed E-state index contributed by atoms with van der Waals surface area (Å²) in [6, 6.07) is 0.336. The maximum absolute atomic E-state index is 6.09. The zero-order chi connectivity index (χ0) is 13.4. The van der Waals surface area contributed by atoms with E-state index in [1.165, 1.54) is 19.3 Å². The first-order chi connectivity index (χ1) is 8.65. The third kappa shape index (κ3) is 6.17. The number of methoxy groups -OCH3 is 1. The molecule has 0 aromatic rings. The van der Waals surface area contributed by atoms with E-state index < -0.39 is 0 Å². The largest absolute Gasteiger partial charge is 0.383 e. The molecule has 3 heteroatoms. The molecule has 0 saturated heterocycles. The van der Waals surface area contributed by atoms with E-state index >= 15 is 0 Å². The zero-order valence-electron chi connectivity index (χ0n) is 12.6. The molecule has 0 spiro atoms. The summed E-state index contributed by atoms with van der Waals surface area (Å²) in [6.07, 6.45) is 5.40. The fourth-order valence-electron chi connectivity index (χ4n) is 2.98. The molecule has 1 aliphatic rings. The Hall–Kier alpha value is -0.120. The van der Waals surface area contributed by atoms with Crippen LogP contribution >= 0.6 is 0 Å². The van der Waals surface area contributed by atoms with Crippen LogP contribution in [0.2, 0.25) is 0 Å². The van der Waals surface area contributed by atoms with Gasteiger partial charge < -0.3 is 14.8 Å². The highest BCUT2D eigenvalue weighted by atomic mass is 16.5. The number of ether oxygens (including phenoxy) is 2. The molecule has 3 atom stereocenters. The first kappa shape index (κ1) is 15.9. The standard InChI is InChI=1S/C15H31NO2/c1-5-6-16-14(10-17-4)11-18-15-8-12(2)7-13(3)9-15/h12-16H,5-11H2,1-4H3. The molecule has 0 aromatic carbocycles. The van der Waals surface area contributed by atoms with Crippen molar-refractivity contribution in [3.63, 3.8) is 0 Å². The summed E-state index contributed by atoms with van der Waals surface area (Å²) < 4.78 is 11.3. The van der Waals surface area contributed by atoms with Gasteiger partial charge in [-0.2, -0.15) is 0 Å². The van der Waals surface area contributed by atoms with Crippen LogP contribution in [0.5, 0.6) is 0 Å². The van der Waals surface area contributed by atoms with Crippen LogP contribution in [-0.2, 0) is 9.47 Å². The van der Waals surface area contributed by atoms with E-state index in [4.69, 9.17) is 9.47 Å². The van der Waals surface area contributed by atoms with E-state index in [0.717, 1.165) is 38.0 Å². The highest BCUT2D eigenvalue weighted by Crippen LogP contribution is 2.30. The van der Waals surface area contributed by atoms with Gasteiger partial charge in [0.15, 0.2) is 0 Å². The van der Waals surface area contributed by atoms with Gasteiger partial charge in [-0.25, -0.2) is 0 Å². The molecular formula is C15H31NO2. The normalized spacial score (nSPS) is 30.3. The Bertz CT molecular complexity index is 201. The van der Waals surface area contributed by atoms with Gasteiger partial charge in [-0.1, -0.05) is 20.8 Å². The van der Waals surface area contributed by atoms with Gasteiger partial charge in [0.25, 0.3) is 0 Å². The summed E-state index contributed by atoms with van der Waals surface area (Å²) in [5.41, 5.74) is 0. The molecule has 0 heterocycles. The van der Waals surface area contributed by atoms with Crippen LogP contribution in [-0.4, -0.2) is 39.0 Å². The van der Waals surface area contributed by atoms with E-state index in [9.17, 15) is 0 Å². The maximum atomic E-state index is 6.09. The SMILES string of the molecule is CCCNC(COC)COC1CC(C)CC(C)C1. The van der Waals surface area contributed by atoms with Gasteiger partial charge >= 0.3 is 0 Å². The fourth-order valence-corrected chi connectivity index (χ4v) is 2.98. The molecule has 0 aliphatic heterocycles. The van der Waals surface area contributed by atoms with E-state index in [2.05, 4.69) is 26.1 Å². The molecule has 0 aromatic heterocycles. The van der Waals surface area contributed by atoms with Crippen LogP contribution in [0.3, 0.4) is 0 Å². The van der Waals surface area contributed by atoms with E-state index in [-0.39, 0.29) is 0 Å². The fraction of sp³-hybridized carbons (Fsp3) is 1.00. The summed E-state index contributed by atoms with van der Waals surface area (Å²) in [7, 11) is 1.76. The average Bonchev–Trinajstić information content (AvgIpc) is 2.31. The summed E-state index contributed by atoms with van der Waals surface area (Å²) in [5.74, 6) is 1.62. The van der Waals surface area contributed by atoms with Gasteiger partial charge in [-0.3, -0.25) is 0 Å². The Morgan fingerprint density at radius 2 is 1.78 bits per heavy atom. The Balaban J connectivity index is 2.27. The number of hydrogen-bond acceptors (Lipinski definition) is 3.